The van der Waals surface area contributed by atoms with E-state index in [-0.39, 0.29) is 24.3 Å². The Hall–Kier alpha value is -1.10. The summed E-state index contributed by atoms with van der Waals surface area (Å²) in [5, 5.41) is 3.23. The molecule has 0 unspecified atom stereocenters. The highest BCUT2D eigenvalue weighted by Gasteiger charge is 2.25. The first-order valence-electron chi connectivity index (χ1n) is 6.83. The van der Waals surface area contributed by atoms with Crippen molar-refractivity contribution >= 4 is 11.8 Å². The fourth-order valence-electron chi connectivity index (χ4n) is 2.33. The molecular weight excluding hydrogens is 230 g/mol. The molecule has 0 spiro atoms. The molecule has 0 bridgehead atoms. The van der Waals surface area contributed by atoms with Crippen LogP contribution in [0.1, 0.15) is 26.7 Å². The third kappa shape index (κ3) is 3.98. The van der Waals surface area contributed by atoms with Crippen LogP contribution >= 0.6 is 0 Å². The lowest BCUT2D eigenvalue weighted by Gasteiger charge is -2.28. The minimum atomic E-state index is 0.0274. The summed E-state index contributed by atoms with van der Waals surface area (Å²) in [6, 6.07) is 0. The molecule has 18 heavy (non-hydrogen) atoms. The van der Waals surface area contributed by atoms with E-state index in [0.29, 0.717) is 13.1 Å². The average Bonchev–Trinajstić information content (AvgIpc) is 2.40. The molecule has 2 amide bonds. The quantitative estimate of drug-likeness (QED) is 0.769. The van der Waals surface area contributed by atoms with Crippen LogP contribution in [0.3, 0.4) is 0 Å². The molecule has 1 fully saturated rings. The van der Waals surface area contributed by atoms with E-state index in [1.807, 2.05) is 13.8 Å². The summed E-state index contributed by atoms with van der Waals surface area (Å²) in [7, 11) is 1.72. The number of carbonyl (C=O) groups excluding carboxylic acids is 2. The van der Waals surface area contributed by atoms with Crippen LogP contribution in [0.5, 0.6) is 0 Å². The van der Waals surface area contributed by atoms with Gasteiger partial charge in [-0.3, -0.25) is 9.59 Å². The maximum Gasteiger partial charge on any atom is 0.242 e. The largest absolute Gasteiger partial charge is 0.342 e. The molecule has 1 heterocycles. The molecule has 0 aromatic rings. The number of hydrogen-bond acceptors (Lipinski definition) is 3. The van der Waals surface area contributed by atoms with Crippen molar-refractivity contribution in [2.45, 2.75) is 26.7 Å². The summed E-state index contributed by atoms with van der Waals surface area (Å²) in [4.78, 5) is 27.4. The highest BCUT2D eigenvalue weighted by molar-refractivity contribution is 5.85. The molecule has 1 N–H and O–H groups in total. The van der Waals surface area contributed by atoms with Gasteiger partial charge >= 0.3 is 0 Å². The molecule has 1 atom stereocenters. The number of rotatable bonds is 5. The van der Waals surface area contributed by atoms with Crippen molar-refractivity contribution in [1.29, 1.82) is 0 Å². The Morgan fingerprint density at radius 2 is 1.94 bits per heavy atom. The maximum atomic E-state index is 12.1. The standard InChI is InChI=1S/C13H25N3O2/c1-4-16(5-2)12(17)10-15(3)13(18)11-7-6-8-14-9-11/h11,14H,4-10H2,1-3H3/t11-/m1/s1. The van der Waals surface area contributed by atoms with Crippen molar-refractivity contribution in [3.63, 3.8) is 0 Å². The molecule has 0 radical (unpaired) electrons. The van der Waals surface area contributed by atoms with Crippen molar-refractivity contribution < 1.29 is 9.59 Å². The third-order valence-corrected chi connectivity index (χ3v) is 3.51. The molecule has 1 rings (SSSR count). The van der Waals surface area contributed by atoms with Crippen LogP contribution in [-0.2, 0) is 9.59 Å². The number of likely N-dealkylation sites (N-methyl/N-ethyl adjacent to an activating group) is 2. The molecule has 0 aromatic carbocycles. The predicted octanol–water partition coefficient (Wildman–Crippen LogP) is 0.313. The molecule has 0 aliphatic carbocycles. The van der Waals surface area contributed by atoms with Gasteiger partial charge in [-0.2, -0.15) is 0 Å². The van der Waals surface area contributed by atoms with E-state index in [4.69, 9.17) is 0 Å². The van der Waals surface area contributed by atoms with E-state index in [1.165, 1.54) is 0 Å². The lowest BCUT2D eigenvalue weighted by Crippen LogP contribution is -2.46. The van der Waals surface area contributed by atoms with E-state index >= 15 is 0 Å². The normalized spacial score (nSPS) is 19.4. The lowest BCUT2D eigenvalue weighted by molar-refractivity contribution is -0.141. The molecule has 0 saturated carbocycles. The van der Waals surface area contributed by atoms with E-state index in [0.717, 1.165) is 25.9 Å². The van der Waals surface area contributed by atoms with Crippen molar-refractivity contribution in [1.82, 2.24) is 15.1 Å². The summed E-state index contributed by atoms with van der Waals surface area (Å²) in [5.74, 6) is 0.149. The monoisotopic (exact) mass is 255 g/mol. The highest BCUT2D eigenvalue weighted by atomic mass is 16.2. The Bertz CT molecular complexity index is 284. The molecule has 5 nitrogen and oxygen atoms in total. The van der Waals surface area contributed by atoms with Gasteiger partial charge in [0.05, 0.1) is 12.5 Å². The zero-order chi connectivity index (χ0) is 13.5. The minimum absolute atomic E-state index is 0.0274. The predicted molar refractivity (Wildman–Crippen MR) is 71.2 cm³/mol. The molecule has 104 valence electrons. The second-order valence-corrected chi connectivity index (χ2v) is 4.80. The number of nitrogens with zero attached hydrogens (tertiary/aromatic N) is 2. The zero-order valence-electron chi connectivity index (χ0n) is 11.7. The summed E-state index contributed by atoms with van der Waals surface area (Å²) < 4.78 is 0. The zero-order valence-corrected chi connectivity index (χ0v) is 11.7. The van der Waals surface area contributed by atoms with Gasteiger partial charge in [0.1, 0.15) is 0 Å². The van der Waals surface area contributed by atoms with Crippen molar-refractivity contribution in [2.75, 3.05) is 39.8 Å². The maximum absolute atomic E-state index is 12.1. The Morgan fingerprint density at radius 1 is 1.28 bits per heavy atom. The number of hydrogen-bond donors (Lipinski definition) is 1. The molecular formula is C13H25N3O2. The molecule has 1 saturated heterocycles. The SMILES string of the molecule is CCN(CC)C(=O)CN(C)C(=O)[C@@H]1CCCNC1. The van der Waals surface area contributed by atoms with Crippen LogP contribution in [-0.4, -0.2) is 61.4 Å². The van der Waals surface area contributed by atoms with Gasteiger partial charge in [-0.1, -0.05) is 0 Å². The molecule has 1 aliphatic heterocycles. The molecule has 5 heteroatoms. The van der Waals surface area contributed by atoms with Crippen molar-refractivity contribution in [2.24, 2.45) is 5.92 Å². The van der Waals surface area contributed by atoms with Crippen LogP contribution in [0, 0.1) is 5.92 Å². The lowest BCUT2D eigenvalue weighted by atomic mass is 9.98. The molecule has 1 aliphatic rings. The Balaban J connectivity index is 2.45. The fourth-order valence-corrected chi connectivity index (χ4v) is 2.33. The van der Waals surface area contributed by atoms with Crippen molar-refractivity contribution in [3.05, 3.63) is 0 Å². The van der Waals surface area contributed by atoms with E-state index in [9.17, 15) is 9.59 Å². The minimum Gasteiger partial charge on any atom is -0.342 e. The molecule has 0 aromatic heterocycles. The van der Waals surface area contributed by atoms with Gasteiger partial charge in [-0.05, 0) is 33.2 Å². The van der Waals surface area contributed by atoms with E-state index in [2.05, 4.69) is 5.32 Å². The van der Waals surface area contributed by atoms with Gasteiger partial charge in [-0.25, -0.2) is 0 Å². The summed E-state index contributed by atoms with van der Waals surface area (Å²) >= 11 is 0. The van der Waals surface area contributed by atoms with Crippen LogP contribution in [0.15, 0.2) is 0 Å². The average molecular weight is 255 g/mol. The van der Waals surface area contributed by atoms with Crippen LogP contribution in [0.2, 0.25) is 0 Å². The Kier molecular flexibility index (Phi) is 6.12. The first-order valence-corrected chi connectivity index (χ1v) is 6.83. The highest BCUT2D eigenvalue weighted by Crippen LogP contribution is 2.12. The van der Waals surface area contributed by atoms with E-state index in [1.54, 1.807) is 16.8 Å². The first-order chi connectivity index (χ1) is 8.60. The van der Waals surface area contributed by atoms with Gasteiger partial charge in [0, 0.05) is 26.7 Å². The Labute approximate surface area is 110 Å². The van der Waals surface area contributed by atoms with Crippen LogP contribution < -0.4 is 5.32 Å². The van der Waals surface area contributed by atoms with Gasteiger partial charge in [0.15, 0.2) is 0 Å². The number of carbonyl (C=O) groups is 2. The summed E-state index contributed by atoms with van der Waals surface area (Å²) in [6.45, 7) is 7.22. The first kappa shape index (κ1) is 15.0. The number of amides is 2. The summed E-state index contributed by atoms with van der Waals surface area (Å²) in [5.41, 5.74) is 0. The van der Waals surface area contributed by atoms with Gasteiger partial charge in [0.2, 0.25) is 11.8 Å². The van der Waals surface area contributed by atoms with E-state index < -0.39 is 0 Å². The van der Waals surface area contributed by atoms with Gasteiger partial charge < -0.3 is 15.1 Å². The number of piperidine rings is 1. The number of nitrogens with one attached hydrogen (secondary N) is 1. The second kappa shape index (κ2) is 7.36. The van der Waals surface area contributed by atoms with Crippen molar-refractivity contribution in [3.8, 4) is 0 Å². The second-order valence-electron chi connectivity index (χ2n) is 4.80. The smallest absolute Gasteiger partial charge is 0.242 e. The van der Waals surface area contributed by atoms with Crippen LogP contribution in [0.4, 0.5) is 0 Å². The summed E-state index contributed by atoms with van der Waals surface area (Å²) in [6.07, 6.45) is 1.96. The Morgan fingerprint density at radius 3 is 2.44 bits per heavy atom. The van der Waals surface area contributed by atoms with Gasteiger partial charge in [-0.15, -0.1) is 0 Å². The van der Waals surface area contributed by atoms with Crippen LogP contribution in [0.25, 0.3) is 0 Å². The topological polar surface area (TPSA) is 52.7 Å². The van der Waals surface area contributed by atoms with Gasteiger partial charge in [0.25, 0.3) is 0 Å². The fraction of sp³-hybridized carbons (Fsp3) is 0.846. The third-order valence-electron chi connectivity index (χ3n) is 3.51.